The summed E-state index contributed by atoms with van der Waals surface area (Å²) in [4.78, 5) is 14.1. The lowest BCUT2D eigenvalue weighted by molar-refractivity contribution is 0.0947. The molecule has 0 aliphatic rings. The maximum Gasteiger partial charge on any atom is 0.273 e. The number of nitrogens with zero attached hydrogens (tertiary/aromatic N) is 3. The molecule has 2 rings (SSSR count). The Balaban J connectivity index is 2.03. The fourth-order valence-corrected chi connectivity index (χ4v) is 2.07. The quantitative estimate of drug-likeness (QED) is 0.848. The van der Waals surface area contributed by atoms with Crippen molar-refractivity contribution in [1.29, 1.82) is 0 Å². The molecule has 102 valence electrons. The molecule has 6 heteroatoms. The van der Waals surface area contributed by atoms with E-state index in [-0.39, 0.29) is 11.6 Å². The molecule has 5 nitrogen and oxygen atoms in total. The molecule has 2 aromatic rings. The minimum Gasteiger partial charge on any atom is -0.351 e. The van der Waals surface area contributed by atoms with Gasteiger partial charge in [0.05, 0.1) is 10.5 Å². The summed E-state index contributed by atoms with van der Waals surface area (Å²) >= 11 is 6.16. The third kappa shape index (κ3) is 3.24. The Hall–Kier alpha value is -1.59. The zero-order valence-corrected chi connectivity index (χ0v) is 11.8. The zero-order valence-electron chi connectivity index (χ0n) is 11.1. The molecule has 0 unspecified atom stereocenters. The van der Waals surface area contributed by atoms with Crippen LogP contribution in [0.25, 0.3) is 5.52 Å². The monoisotopic (exact) mass is 280 g/mol. The van der Waals surface area contributed by atoms with Gasteiger partial charge in [-0.25, -0.2) is 4.52 Å². The fourth-order valence-electron chi connectivity index (χ4n) is 1.79. The van der Waals surface area contributed by atoms with E-state index in [9.17, 15) is 4.79 Å². The number of nitrogens with one attached hydrogen (secondary N) is 1. The Bertz CT molecular complexity index is 579. The summed E-state index contributed by atoms with van der Waals surface area (Å²) in [5.41, 5.74) is 1.01. The molecule has 0 saturated carbocycles. The van der Waals surface area contributed by atoms with E-state index in [4.69, 9.17) is 11.6 Å². The maximum atomic E-state index is 12.0. The second-order valence-electron chi connectivity index (χ2n) is 4.61. The molecule has 0 spiro atoms. The van der Waals surface area contributed by atoms with Gasteiger partial charge < -0.3 is 10.2 Å². The van der Waals surface area contributed by atoms with Crippen molar-refractivity contribution in [3.8, 4) is 0 Å². The normalized spacial score (nSPS) is 11.2. The number of aromatic nitrogens is 2. The van der Waals surface area contributed by atoms with Gasteiger partial charge in [0.2, 0.25) is 0 Å². The summed E-state index contributed by atoms with van der Waals surface area (Å²) < 4.78 is 1.61. The highest BCUT2D eigenvalue weighted by atomic mass is 35.5. The first kappa shape index (κ1) is 13.8. The predicted molar refractivity (Wildman–Crippen MR) is 75.7 cm³/mol. The van der Waals surface area contributed by atoms with Crippen molar-refractivity contribution in [2.24, 2.45) is 0 Å². The lowest BCUT2D eigenvalue weighted by atomic mass is 10.3. The van der Waals surface area contributed by atoms with Crippen LogP contribution in [0.5, 0.6) is 0 Å². The van der Waals surface area contributed by atoms with Gasteiger partial charge in [-0.1, -0.05) is 17.7 Å². The molecule has 0 aliphatic heterocycles. The molecular formula is C13H17ClN4O. The molecule has 0 aliphatic carbocycles. The molecule has 1 amide bonds. The van der Waals surface area contributed by atoms with Gasteiger partial charge in [0.1, 0.15) is 0 Å². The Kier molecular flexibility index (Phi) is 4.39. The first-order valence-electron chi connectivity index (χ1n) is 6.15. The van der Waals surface area contributed by atoms with Gasteiger partial charge >= 0.3 is 0 Å². The molecule has 0 atom stereocenters. The number of hydrogen-bond donors (Lipinski definition) is 1. The number of amides is 1. The molecule has 19 heavy (non-hydrogen) atoms. The Labute approximate surface area is 117 Å². The highest BCUT2D eigenvalue weighted by Crippen LogP contribution is 2.21. The number of fused-ring (bicyclic) bond motifs is 1. The van der Waals surface area contributed by atoms with Gasteiger partial charge in [0, 0.05) is 12.7 Å². The minimum absolute atomic E-state index is 0.229. The van der Waals surface area contributed by atoms with Gasteiger partial charge in [-0.15, -0.1) is 0 Å². The molecule has 0 radical (unpaired) electrons. The first-order valence-corrected chi connectivity index (χ1v) is 6.53. The van der Waals surface area contributed by atoms with Gasteiger partial charge in [-0.3, -0.25) is 4.79 Å². The molecule has 2 heterocycles. The third-order valence-corrected chi connectivity index (χ3v) is 3.14. The molecule has 1 N–H and O–H groups in total. The smallest absolute Gasteiger partial charge is 0.273 e. The summed E-state index contributed by atoms with van der Waals surface area (Å²) in [6.45, 7) is 1.54. The lowest BCUT2D eigenvalue weighted by Gasteiger charge is -2.09. The second kappa shape index (κ2) is 6.04. The number of pyridine rings is 1. The standard InChI is InChI=1S/C13H17ClN4O/c1-17(2)8-5-7-15-13(19)12-11(14)10-6-3-4-9-18(10)16-12/h3-4,6,9H,5,7-8H2,1-2H3,(H,15,19). The van der Waals surface area contributed by atoms with Crippen LogP contribution in [0.4, 0.5) is 0 Å². The van der Waals surface area contributed by atoms with Crippen molar-refractivity contribution >= 4 is 23.0 Å². The van der Waals surface area contributed by atoms with Crippen molar-refractivity contribution in [3.05, 3.63) is 35.1 Å². The molecule has 2 aromatic heterocycles. The number of hydrogen-bond acceptors (Lipinski definition) is 3. The third-order valence-electron chi connectivity index (χ3n) is 2.76. The number of carbonyl (C=O) groups excluding carboxylic acids is 1. The van der Waals surface area contributed by atoms with Crippen molar-refractivity contribution in [2.45, 2.75) is 6.42 Å². The maximum absolute atomic E-state index is 12.0. The Morgan fingerprint density at radius 2 is 2.26 bits per heavy atom. The van der Waals surface area contributed by atoms with Crippen LogP contribution in [0.1, 0.15) is 16.9 Å². The van der Waals surface area contributed by atoms with Gasteiger partial charge in [0.15, 0.2) is 5.69 Å². The molecule has 0 bridgehead atoms. The minimum atomic E-state index is -0.229. The van der Waals surface area contributed by atoms with E-state index in [0.717, 1.165) is 18.5 Å². The van der Waals surface area contributed by atoms with E-state index in [2.05, 4.69) is 15.3 Å². The van der Waals surface area contributed by atoms with Crippen LogP contribution in [-0.4, -0.2) is 47.6 Å². The second-order valence-corrected chi connectivity index (χ2v) is 4.98. The molecule has 0 saturated heterocycles. The van der Waals surface area contributed by atoms with E-state index < -0.39 is 0 Å². The van der Waals surface area contributed by atoms with Crippen LogP contribution in [0, 0.1) is 0 Å². The highest BCUT2D eigenvalue weighted by Gasteiger charge is 2.16. The van der Waals surface area contributed by atoms with Crippen molar-refractivity contribution in [2.75, 3.05) is 27.2 Å². The van der Waals surface area contributed by atoms with Crippen LogP contribution in [0.2, 0.25) is 5.02 Å². The van der Waals surface area contributed by atoms with Gasteiger partial charge in [-0.05, 0) is 39.2 Å². The SMILES string of the molecule is CN(C)CCCNC(=O)c1nn2ccccc2c1Cl. The Morgan fingerprint density at radius 3 is 2.95 bits per heavy atom. The van der Waals surface area contributed by atoms with E-state index in [0.29, 0.717) is 11.6 Å². The molecule has 0 aromatic carbocycles. The van der Waals surface area contributed by atoms with Crippen LogP contribution < -0.4 is 5.32 Å². The fraction of sp³-hybridized carbons (Fsp3) is 0.385. The molecule has 0 fully saturated rings. The summed E-state index contributed by atoms with van der Waals surface area (Å²) in [5.74, 6) is -0.229. The lowest BCUT2D eigenvalue weighted by Crippen LogP contribution is -2.27. The van der Waals surface area contributed by atoms with Crippen LogP contribution >= 0.6 is 11.6 Å². The number of halogens is 1. The summed E-state index contributed by atoms with van der Waals surface area (Å²) in [5, 5.41) is 7.41. The van der Waals surface area contributed by atoms with Crippen LogP contribution in [-0.2, 0) is 0 Å². The van der Waals surface area contributed by atoms with Crippen LogP contribution in [0.15, 0.2) is 24.4 Å². The van der Waals surface area contributed by atoms with Crippen molar-refractivity contribution in [1.82, 2.24) is 19.8 Å². The van der Waals surface area contributed by atoms with Gasteiger partial charge in [-0.2, -0.15) is 5.10 Å². The topological polar surface area (TPSA) is 49.6 Å². The van der Waals surface area contributed by atoms with E-state index in [1.165, 1.54) is 0 Å². The number of rotatable bonds is 5. The van der Waals surface area contributed by atoms with Crippen molar-refractivity contribution < 1.29 is 4.79 Å². The average Bonchev–Trinajstić information content (AvgIpc) is 2.72. The number of carbonyl (C=O) groups is 1. The van der Waals surface area contributed by atoms with Crippen molar-refractivity contribution in [3.63, 3.8) is 0 Å². The van der Waals surface area contributed by atoms with E-state index >= 15 is 0 Å². The zero-order chi connectivity index (χ0) is 13.8. The average molecular weight is 281 g/mol. The summed E-state index contributed by atoms with van der Waals surface area (Å²) in [7, 11) is 4.00. The van der Waals surface area contributed by atoms with E-state index in [1.54, 1.807) is 10.7 Å². The predicted octanol–water partition coefficient (Wildman–Crippen LogP) is 1.67. The van der Waals surface area contributed by atoms with Crippen LogP contribution in [0.3, 0.4) is 0 Å². The molecular weight excluding hydrogens is 264 g/mol. The van der Waals surface area contributed by atoms with Gasteiger partial charge in [0.25, 0.3) is 5.91 Å². The summed E-state index contributed by atoms with van der Waals surface area (Å²) in [6, 6.07) is 5.54. The first-order chi connectivity index (χ1) is 9.09. The Morgan fingerprint density at radius 1 is 1.47 bits per heavy atom. The summed E-state index contributed by atoms with van der Waals surface area (Å²) in [6.07, 6.45) is 2.66. The van der Waals surface area contributed by atoms with E-state index in [1.807, 2.05) is 32.3 Å². The largest absolute Gasteiger partial charge is 0.351 e. The highest BCUT2D eigenvalue weighted by molar-refractivity contribution is 6.36.